The number of Topliss-reactive ketones (excluding diaryl/α,β-unsaturated/α-hetero) is 1. The zero-order valence-electron chi connectivity index (χ0n) is 14.2. The van der Waals surface area contributed by atoms with E-state index < -0.39 is 23.1 Å². The van der Waals surface area contributed by atoms with Crippen LogP contribution in [0.1, 0.15) is 30.9 Å². The molecule has 1 saturated carbocycles. The summed E-state index contributed by atoms with van der Waals surface area (Å²) in [4.78, 5) is 12.8. The molecule has 0 aromatic heterocycles. The predicted octanol–water partition coefficient (Wildman–Crippen LogP) is 4.84. The standard InChI is InChI=1S/C21H18F2O3/c1-12-6-15(8-13-2-4-19(24)17(22)10-13)21(26)16(7-12)9-14-3-5-20(25)18(23)11-14/h2-5,8-12,24-25H,6-7H2,1H3. The minimum absolute atomic E-state index is 0.162. The summed E-state index contributed by atoms with van der Waals surface area (Å²) >= 11 is 0. The van der Waals surface area contributed by atoms with E-state index in [0.717, 1.165) is 0 Å². The van der Waals surface area contributed by atoms with Gasteiger partial charge in [-0.3, -0.25) is 4.79 Å². The number of hydrogen-bond donors (Lipinski definition) is 2. The van der Waals surface area contributed by atoms with E-state index in [2.05, 4.69) is 0 Å². The van der Waals surface area contributed by atoms with Crippen molar-refractivity contribution < 1.29 is 23.8 Å². The van der Waals surface area contributed by atoms with E-state index in [9.17, 15) is 23.8 Å². The first-order valence-electron chi connectivity index (χ1n) is 8.26. The Bertz CT molecular complexity index is 855. The summed E-state index contributed by atoms with van der Waals surface area (Å²) in [5.41, 5.74) is 2.07. The average Bonchev–Trinajstić information content (AvgIpc) is 2.58. The SMILES string of the molecule is CC1CC(=Cc2ccc(O)c(F)c2)C(=O)C(=Cc2ccc(O)c(F)c2)C1. The van der Waals surface area contributed by atoms with Crippen LogP contribution in [0.2, 0.25) is 0 Å². The summed E-state index contributed by atoms with van der Waals surface area (Å²) in [7, 11) is 0. The molecule has 1 aliphatic carbocycles. The van der Waals surface area contributed by atoms with E-state index in [1.165, 1.54) is 36.4 Å². The molecule has 0 radical (unpaired) electrons. The van der Waals surface area contributed by atoms with Crippen LogP contribution in [-0.4, -0.2) is 16.0 Å². The fraction of sp³-hybridized carbons (Fsp3) is 0.190. The summed E-state index contributed by atoms with van der Waals surface area (Å²) < 4.78 is 27.0. The number of phenolic OH excluding ortho intramolecular Hbond substituents is 2. The molecule has 1 aliphatic rings. The van der Waals surface area contributed by atoms with Gasteiger partial charge in [0.25, 0.3) is 0 Å². The number of phenols is 2. The van der Waals surface area contributed by atoms with Crippen molar-refractivity contribution in [2.45, 2.75) is 19.8 Å². The lowest BCUT2D eigenvalue weighted by atomic mass is 9.81. The molecule has 2 aromatic carbocycles. The van der Waals surface area contributed by atoms with Gasteiger partial charge in [0.1, 0.15) is 0 Å². The number of allylic oxidation sites excluding steroid dienone is 2. The van der Waals surface area contributed by atoms with Gasteiger partial charge in [0.15, 0.2) is 28.9 Å². The molecule has 0 bridgehead atoms. The fourth-order valence-electron chi connectivity index (χ4n) is 3.09. The molecule has 0 aliphatic heterocycles. The Labute approximate surface area is 149 Å². The molecule has 0 spiro atoms. The van der Waals surface area contributed by atoms with Crippen molar-refractivity contribution >= 4 is 17.9 Å². The molecule has 134 valence electrons. The molecular weight excluding hydrogens is 338 g/mol. The Morgan fingerprint density at radius 2 is 1.31 bits per heavy atom. The summed E-state index contributed by atoms with van der Waals surface area (Å²) in [6, 6.07) is 7.91. The summed E-state index contributed by atoms with van der Waals surface area (Å²) in [6.07, 6.45) is 4.35. The normalized spacial score (nSPS) is 20.7. The van der Waals surface area contributed by atoms with Gasteiger partial charge in [-0.05, 0) is 66.3 Å². The van der Waals surface area contributed by atoms with E-state index >= 15 is 0 Å². The maximum absolute atomic E-state index is 13.5. The van der Waals surface area contributed by atoms with Gasteiger partial charge in [-0.15, -0.1) is 0 Å². The van der Waals surface area contributed by atoms with Gasteiger partial charge in [0, 0.05) is 11.1 Å². The number of halogens is 2. The lowest BCUT2D eigenvalue weighted by Gasteiger charge is -2.22. The topological polar surface area (TPSA) is 57.5 Å². The molecule has 0 atom stereocenters. The highest BCUT2D eigenvalue weighted by molar-refractivity contribution is 6.14. The first-order chi connectivity index (χ1) is 12.3. The second-order valence-electron chi connectivity index (χ2n) is 6.60. The summed E-state index contributed by atoms with van der Waals surface area (Å²) in [5.74, 6) is -2.33. The third-order valence-corrected chi connectivity index (χ3v) is 4.35. The number of carbonyl (C=O) groups is 1. The van der Waals surface area contributed by atoms with Gasteiger partial charge in [-0.25, -0.2) is 8.78 Å². The number of benzene rings is 2. The van der Waals surface area contributed by atoms with Crippen molar-refractivity contribution in [3.05, 3.63) is 70.3 Å². The van der Waals surface area contributed by atoms with Crippen LogP contribution in [0.5, 0.6) is 11.5 Å². The minimum Gasteiger partial charge on any atom is -0.505 e. The number of aromatic hydroxyl groups is 2. The van der Waals surface area contributed by atoms with Crippen molar-refractivity contribution in [3.63, 3.8) is 0 Å². The Hall–Kier alpha value is -2.95. The molecule has 5 heteroatoms. The predicted molar refractivity (Wildman–Crippen MR) is 95.5 cm³/mol. The van der Waals surface area contributed by atoms with Crippen LogP contribution < -0.4 is 0 Å². The van der Waals surface area contributed by atoms with E-state index in [0.29, 0.717) is 35.1 Å². The highest BCUT2D eigenvalue weighted by atomic mass is 19.1. The number of carbonyl (C=O) groups excluding carboxylic acids is 1. The molecule has 1 fully saturated rings. The third-order valence-electron chi connectivity index (χ3n) is 4.35. The lowest BCUT2D eigenvalue weighted by molar-refractivity contribution is -0.113. The van der Waals surface area contributed by atoms with Crippen LogP contribution in [0.15, 0.2) is 47.5 Å². The molecule has 2 aromatic rings. The van der Waals surface area contributed by atoms with Crippen LogP contribution in [0, 0.1) is 17.6 Å². The summed E-state index contributed by atoms with van der Waals surface area (Å²) in [5, 5.41) is 18.5. The molecule has 2 N–H and O–H groups in total. The molecular formula is C21H18F2O3. The molecule has 0 saturated heterocycles. The highest BCUT2D eigenvalue weighted by Crippen LogP contribution is 2.33. The molecule has 0 unspecified atom stereocenters. The molecule has 3 rings (SSSR count). The average molecular weight is 356 g/mol. The van der Waals surface area contributed by atoms with Crippen LogP contribution in [0.25, 0.3) is 12.2 Å². The van der Waals surface area contributed by atoms with Crippen molar-refractivity contribution in [1.82, 2.24) is 0 Å². The van der Waals surface area contributed by atoms with E-state index in [4.69, 9.17) is 0 Å². The van der Waals surface area contributed by atoms with Gasteiger partial charge in [-0.2, -0.15) is 0 Å². The van der Waals surface area contributed by atoms with Crippen molar-refractivity contribution in [2.24, 2.45) is 5.92 Å². The lowest BCUT2D eigenvalue weighted by Crippen LogP contribution is -2.18. The van der Waals surface area contributed by atoms with Crippen molar-refractivity contribution in [3.8, 4) is 11.5 Å². The highest BCUT2D eigenvalue weighted by Gasteiger charge is 2.25. The fourth-order valence-corrected chi connectivity index (χ4v) is 3.09. The quantitative estimate of drug-likeness (QED) is 0.757. The third kappa shape index (κ3) is 3.82. The monoisotopic (exact) mass is 356 g/mol. The zero-order chi connectivity index (χ0) is 18.8. The largest absolute Gasteiger partial charge is 0.505 e. The first kappa shape index (κ1) is 17.9. The van der Waals surface area contributed by atoms with Crippen LogP contribution in [0.4, 0.5) is 8.78 Å². The minimum atomic E-state index is -0.744. The molecule has 3 nitrogen and oxygen atoms in total. The van der Waals surface area contributed by atoms with E-state index in [1.807, 2.05) is 6.92 Å². The van der Waals surface area contributed by atoms with Crippen molar-refractivity contribution in [1.29, 1.82) is 0 Å². The van der Waals surface area contributed by atoms with Gasteiger partial charge in [-0.1, -0.05) is 19.1 Å². The van der Waals surface area contributed by atoms with Gasteiger partial charge in [0.05, 0.1) is 0 Å². The van der Waals surface area contributed by atoms with Gasteiger partial charge in [0.2, 0.25) is 0 Å². The van der Waals surface area contributed by atoms with Crippen molar-refractivity contribution in [2.75, 3.05) is 0 Å². The second-order valence-corrected chi connectivity index (χ2v) is 6.60. The summed E-state index contributed by atoms with van der Waals surface area (Å²) in [6.45, 7) is 2.00. The Morgan fingerprint density at radius 3 is 1.69 bits per heavy atom. The van der Waals surface area contributed by atoms with Gasteiger partial charge >= 0.3 is 0 Å². The van der Waals surface area contributed by atoms with E-state index in [-0.39, 0.29) is 11.7 Å². The Kier molecular flexibility index (Phi) is 4.89. The smallest absolute Gasteiger partial charge is 0.185 e. The number of ketones is 1. The van der Waals surface area contributed by atoms with E-state index in [1.54, 1.807) is 12.2 Å². The molecule has 26 heavy (non-hydrogen) atoms. The van der Waals surface area contributed by atoms with Crippen LogP contribution in [-0.2, 0) is 4.79 Å². The Morgan fingerprint density at radius 1 is 0.885 bits per heavy atom. The molecule has 0 amide bonds. The number of rotatable bonds is 2. The number of hydrogen-bond acceptors (Lipinski definition) is 3. The van der Waals surface area contributed by atoms with Crippen LogP contribution >= 0.6 is 0 Å². The van der Waals surface area contributed by atoms with Gasteiger partial charge < -0.3 is 10.2 Å². The maximum Gasteiger partial charge on any atom is 0.185 e. The first-order valence-corrected chi connectivity index (χ1v) is 8.26. The Balaban J connectivity index is 1.94. The zero-order valence-corrected chi connectivity index (χ0v) is 14.2. The molecule has 0 heterocycles. The second kappa shape index (κ2) is 7.12. The van der Waals surface area contributed by atoms with Crippen LogP contribution in [0.3, 0.4) is 0 Å². The maximum atomic E-state index is 13.5.